The first kappa shape index (κ1) is 19.6. The molecule has 1 N–H and O–H groups in total. The van der Waals surface area contributed by atoms with Gasteiger partial charge in [-0.3, -0.25) is 9.69 Å². The number of carbonyl (C=O) groups is 1. The van der Waals surface area contributed by atoms with Gasteiger partial charge in [0.05, 0.1) is 17.2 Å². The highest BCUT2D eigenvalue weighted by molar-refractivity contribution is 7.08. The van der Waals surface area contributed by atoms with Crippen molar-refractivity contribution in [2.24, 2.45) is 0 Å². The van der Waals surface area contributed by atoms with Crippen LogP contribution in [-0.4, -0.2) is 47.2 Å². The molecule has 3 heterocycles. The van der Waals surface area contributed by atoms with Crippen molar-refractivity contribution in [2.45, 2.75) is 19.5 Å². The minimum Gasteiger partial charge on any atom is -0.477 e. The van der Waals surface area contributed by atoms with Crippen LogP contribution in [0.1, 0.15) is 28.9 Å². The molecule has 0 bridgehead atoms. The summed E-state index contributed by atoms with van der Waals surface area (Å²) in [6.45, 7) is 4.43. The number of anilines is 1. The van der Waals surface area contributed by atoms with Crippen LogP contribution in [0.5, 0.6) is 0 Å². The smallest absolute Gasteiger partial charge is 0.341 e. The zero-order valence-corrected chi connectivity index (χ0v) is 17.1. The number of rotatable bonds is 4. The molecule has 1 atom stereocenters. The van der Waals surface area contributed by atoms with Crippen LogP contribution in [0.15, 0.2) is 40.0 Å². The number of aromatic nitrogens is 1. The van der Waals surface area contributed by atoms with Gasteiger partial charge in [-0.15, -0.1) is 0 Å². The van der Waals surface area contributed by atoms with Gasteiger partial charge in [-0.25, -0.2) is 9.18 Å². The molecule has 0 saturated carbocycles. The quantitative estimate of drug-likeness (QED) is 0.707. The summed E-state index contributed by atoms with van der Waals surface area (Å²) < 4.78 is 16.8. The SMILES string of the molecule is CCn1cc(C(=O)O)c(=O)c2cc(F)c(N3CCN(C)C(c4ccsc4)C3)cc21. The summed E-state index contributed by atoms with van der Waals surface area (Å²) in [4.78, 5) is 28.2. The normalized spacial score (nSPS) is 17.8. The molecular formula is C21H22FN3O3S. The number of nitrogens with zero attached hydrogens (tertiary/aromatic N) is 3. The Kier molecular flexibility index (Phi) is 5.14. The van der Waals surface area contributed by atoms with E-state index in [0.29, 0.717) is 30.8 Å². The molecule has 0 radical (unpaired) electrons. The van der Waals surface area contributed by atoms with E-state index in [1.54, 1.807) is 22.0 Å². The van der Waals surface area contributed by atoms with E-state index in [-0.39, 0.29) is 17.0 Å². The van der Waals surface area contributed by atoms with Crippen LogP contribution < -0.4 is 10.3 Å². The number of carboxylic acid groups (broad SMARTS) is 1. The maximum Gasteiger partial charge on any atom is 0.341 e. The predicted octanol–water partition coefficient (Wildman–Crippen LogP) is 3.41. The number of hydrogen-bond donors (Lipinski definition) is 1. The number of carboxylic acids is 1. The largest absolute Gasteiger partial charge is 0.477 e. The number of aromatic carboxylic acids is 1. The van der Waals surface area contributed by atoms with Crippen molar-refractivity contribution in [3.63, 3.8) is 0 Å². The first-order chi connectivity index (χ1) is 13.9. The van der Waals surface area contributed by atoms with Crippen molar-refractivity contribution in [3.8, 4) is 0 Å². The summed E-state index contributed by atoms with van der Waals surface area (Å²) in [7, 11) is 2.07. The van der Waals surface area contributed by atoms with Crippen LogP contribution in [0.3, 0.4) is 0 Å². The second kappa shape index (κ2) is 7.61. The average Bonchev–Trinajstić information content (AvgIpc) is 3.23. The molecule has 152 valence electrons. The number of thiophene rings is 1. The van der Waals surface area contributed by atoms with Gasteiger partial charge in [0.2, 0.25) is 5.43 Å². The molecule has 1 saturated heterocycles. The summed E-state index contributed by atoms with van der Waals surface area (Å²) in [6.07, 6.45) is 1.34. The molecule has 1 aliphatic rings. The fourth-order valence-electron chi connectivity index (χ4n) is 3.97. The minimum absolute atomic E-state index is 0.0940. The van der Waals surface area contributed by atoms with Crippen LogP contribution in [0.2, 0.25) is 0 Å². The molecule has 1 fully saturated rings. The lowest BCUT2D eigenvalue weighted by atomic mass is 10.0. The predicted molar refractivity (Wildman–Crippen MR) is 113 cm³/mol. The van der Waals surface area contributed by atoms with Gasteiger partial charge in [-0.2, -0.15) is 11.3 Å². The van der Waals surface area contributed by atoms with E-state index in [4.69, 9.17) is 0 Å². The summed E-state index contributed by atoms with van der Waals surface area (Å²) in [5, 5.41) is 13.5. The first-order valence-electron chi connectivity index (χ1n) is 9.48. The molecule has 29 heavy (non-hydrogen) atoms. The highest BCUT2D eigenvalue weighted by Gasteiger charge is 2.28. The Labute approximate surface area is 171 Å². The van der Waals surface area contributed by atoms with Gasteiger partial charge >= 0.3 is 5.97 Å². The minimum atomic E-state index is -1.30. The summed E-state index contributed by atoms with van der Waals surface area (Å²) in [5.41, 5.74) is 1.20. The van der Waals surface area contributed by atoms with Crippen molar-refractivity contribution in [3.05, 3.63) is 62.3 Å². The fourth-order valence-corrected chi connectivity index (χ4v) is 4.68. The van der Waals surface area contributed by atoms with Gasteiger partial charge in [0.25, 0.3) is 0 Å². The van der Waals surface area contributed by atoms with Gasteiger partial charge in [0.1, 0.15) is 11.4 Å². The lowest BCUT2D eigenvalue weighted by Crippen LogP contribution is -2.47. The molecule has 1 unspecified atom stereocenters. The standard InChI is InChI=1S/C21H22FN3O3S/c1-3-24-10-15(21(27)28)20(26)14-8-16(22)18(9-17(14)24)25-6-5-23(2)19(11-25)13-4-7-29-12-13/h4,7-10,12,19H,3,5-6,11H2,1-2H3,(H,27,28). The molecule has 6 nitrogen and oxygen atoms in total. The number of benzene rings is 1. The van der Waals surface area contributed by atoms with E-state index in [0.717, 1.165) is 6.54 Å². The third-order valence-corrected chi connectivity index (χ3v) is 6.34. The Balaban J connectivity index is 1.80. The Morgan fingerprint density at radius 2 is 2.14 bits per heavy atom. The van der Waals surface area contributed by atoms with Gasteiger partial charge in [0, 0.05) is 37.8 Å². The Morgan fingerprint density at radius 3 is 2.79 bits per heavy atom. The number of pyridine rings is 1. The lowest BCUT2D eigenvalue weighted by molar-refractivity contribution is 0.0695. The Morgan fingerprint density at radius 1 is 1.34 bits per heavy atom. The van der Waals surface area contributed by atoms with Crippen LogP contribution in [-0.2, 0) is 6.54 Å². The Hall–Kier alpha value is -2.71. The zero-order chi connectivity index (χ0) is 20.7. The van der Waals surface area contributed by atoms with Gasteiger partial charge in [-0.05, 0) is 48.5 Å². The van der Waals surface area contributed by atoms with Crippen molar-refractivity contribution in [1.29, 1.82) is 0 Å². The molecule has 0 amide bonds. The first-order valence-corrected chi connectivity index (χ1v) is 10.4. The number of likely N-dealkylation sites (N-methyl/N-ethyl adjacent to an activating group) is 1. The molecule has 2 aromatic heterocycles. The highest BCUT2D eigenvalue weighted by atomic mass is 32.1. The van der Waals surface area contributed by atoms with Gasteiger partial charge < -0.3 is 14.6 Å². The van der Waals surface area contributed by atoms with E-state index >= 15 is 4.39 Å². The van der Waals surface area contributed by atoms with Gasteiger partial charge in [0.15, 0.2) is 0 Å². The summed E-state index contributed by atoms with van der Waals surface area (Å²) in [6, 6.07) is 5.11. The Bertz CT molecular complexity index is 1130. The molecule has 1 aromatic carbocycles. The second-order valence-corrected chi connectivity index (χ2v) is 8.06. The average molecular weight is 415 g/mol. The lowest BCUT2D eigenvalue weighted by Gasteiger charge is -2.40. The van der Waals surface area contributed by atoms with E-state index in [9.17, 15) is 14.7 Å². The molecular weight excluding hydrogens is 393 g/mol. The maximum absolute atomic E-state index is 15.1. The van der Waals surface area contributed by atoms with Crippen molar-refractivity contribution in [1.82, 2.24) is 9.47 Å². The number of hydrogen-bond acceptors (Lipinski definition) is 5. The van der Waals surface area contributed by atoms with E-state index < -0.39 is 17.2 Å². The number of fused-ring (bicyclic) bond motifs is 1. The van der Waals surface area contributed by atoms with E-state index in [1.165, 1.54) is 17.8 Å². The molecule has 0 spiro atoms. The number of piperazine rings is 1. The second-order valence-electron chi connectivity index (χ2n) is 7.28. The topological polar surface area (TPSA) is 65.8 Å². The summed E-state index contributed by atoms with van der Waals surface area (Å²) in [5.74, 6) is -1.81. The molecule has 0 aliphatic carbocycles. The van der Waals surface area contributed by atoms with Crippen molar-refractivity contribution < 1.29 is 14.3 Å². The molecule has 8 heteroatoms. The highest BCUT2D eigenvalue weighted by Crippen LogP contribution is 2.31. The van der Waals surface area contributed by atoms with E-state index in [2.05, 4.69) is 23.4 Å². The number of aryl methyl sites for hydroxylation is 1. The molecule has 3 aromatic rings. The third-order valence-electron chi connectivity index (χ3n) is 5.64. The zero-order valence-electron chi connectivity index (χ0n) is 16.3. The van der Waals surface area contributed by atoms with Crippen LogP contribution >= 0.6 is 11.3 Å². The van der Waals surface area contributed by atoms with Crippen LogP contribution in [0, 0.1) is 5.82 Å². The molecule has 4 rings (SSSR count). The fraction of sp³-hybridized carbons (Fsp3) is 0.333. The van der Waals surface area contributed by atoms with Crippen LogP contribution in [0.25, 0.3) is 10.9 Å². The van der Waals surface area contributed by atoms with E-state index in [1.807, 2.05) is 17.2 Å². The molecule has 1 aliphatic heterocycles. The third kappa shape index (κ3) is 3.42. The number of halogens is 1. The summed E-state index contributed by atoms with van der Waals surface area (Å²) >= 11 is 1.64. The van der Waals surface area contributed by atoms with Crippen molar-refractivity contribution >= 4 is 33.9 Å². The van der Waals surface area contributed by atoms with Crippen molar-refractivity contribution in [2.75, 3.05) is 31.6 Å². The maximum atomic E-state index is 15.1. The van der Waals surface area contributed by atoms with Gasteiger partial charge in [-0.1, -0.05) is 0 Å². The van der Waals surface area contributed by atoms with Crippen LogP contribution in [0.4, 0.5) is 10.1 Å². The monoisotopic (exact) mass is 415 g/mol.